The van der Waals surface area contributed by atoms with Gasteiger partial charge in [-0.1, -0.05) is 94.6 Å². The van der Waals surface area contributed by atoms with Gasteiger partial charge < -0.3 is 4.84 Å². The van der Waals surface area contributed by atoms with Gasteiger partial charge in [0, 0.05) is 12.7 Å². The zero-order valence-electron chi connectivity index (χ0n) is 20.7. The van der Waals surface area contributed by atoms with Crippen molar-refractivity contribution in [3.05, 3.63) is 65.9 Å². The lowest BCUT2D eigenvalue weighted by molar-refractivity contribution is 0.104. The van der Waals surface area contributed by atoms with E-state index >= 15 is 0 Å². The van der Waals surface area contributed by atoms with Gasteiger partial charge in [-0.25, -0.2) is 13.8 Å². The van der Waals surface area contributed by atoms with Gasteiger partial charge in [-0.15, -0.1) is 0 Å². The van der Waals surface area contributed by atoms with Crippen LogP contribution in [0.15, 0.2) is 59.7 Å². The van der Waals surface area contributed by atoms with Crippen LogP contribution in [0.25, 0.3) is 6.08 Å². The van der Waals surface area contributed by atoms with Gasteiger partial charge in [-0.05, 0) is 54.3 Å². The van der Waals surface area contributed by atoms with Gasteiger partial charge in [-0.3, -0.25) is 4.72 Å². The Kier molecular flexibility index (Phi) is 13.4. The summed E-state index contributed by atoms with van der Waals surface area (Å²) in [5.41, 5.74) is 7.70. The first-order valence-electron chi connectivity index (χ1n) is 12.5. The lowest BCUT2D eigenvalue weighted by Gasteiger charge is -2.09. The fraction of sp³-hybridized carbons (Fsp3) is 0.481. The van der Waals surface area contributed by atoms with Crippen LogP contribution in [0.4, 0.5) is 5.69 Å². The van der Waals surface area contributed by atoms with Crippen LogP contribution in [0, 0.1) is 0 Å². The van der Waals surface area contributed by atoms with Gasteiger partial charge in [0.15, 0.2) is 0 Å². The van der Waals surface area contributed by atoms with Crippen LogP contribution in [-0.2, 0) is 21.3 Å². The van der Waals surface area contributed by atoms with Crippen LogP contribution in [0.5, 0.6) is 0 Å². The Balaban J connectivity index is 1.72. The lowest BCUT2D eigenvalue weighted by Crippen LogP contribution is -2.25. The molecule has 0 radical (unpaired) electrons. The molecule has 0 heterocycles. The van der Waals surface area contributed by atoms with Crippen molar-refractivity contribution in [2.45, 2.75) is 82.4 Å². The van der Waals surface area contributed by atoms with Gasteiger partial charge in [0.1, 0.15) is 6.26 Å². The number of aryl methyl sites for hydroxylation is 1. The summed E-state index contributed by atoms with van der Waals surface area (Å²) in [7, 11) is -1.93. The number of nitrogens with one attached hydrogen (secondary N) is 3. The van der Waals surface area contributed by atoms with Gasteiger partial charge in [0.25, 0.3) is 10.0 Å². The van der Waals surface area contributed by atoms with Gasteiger partial charge in [0.2, 0.25) is 0 Å². The Labute approximate surface area is 206 Å². The fourth-order valence-corrected chi connectivity index (χ4v) is 4.79. The summed E-state index contributed by atoms with van der Waals surface area (Å²) in [6, 6.07) is 14.3. The molecule has 0 atom stereocenters. The quantitative estimate of drug-likeness (QED) is 0.126. The zero-order valence-corrected chi connectivity index (χ0v) is 21.5. The Morgan fingerprint density at radius 2 is 1.38 bits per heavy atom. The Morgan fingerprint density at radius 3 is 1.97 bits per heavy atom. The van der Waals surface area contributed by atoms with E-state index in [1.54, 1.807) is 37.4 Å². The minimum absolute atomic E-state index is 0.273. The molecule has 6 nitrogen and oxygen atoms in total. The SMILES string of the molecule is CCCCCCCCCCCCc1ccc(S(=O)(=O)Nc2ccc(/C=C/ONNC)cc2)cc1. The van der Waals surface area contributed by atoms with Gasteiger partial charge in [0.05, 0.1) is 4.90 Å². The van der Waals surface area contributed by atoms with Crippen LogP contribution in [-0.4, -0.2) is 15.5 Å². The van der Waals surface area contributed by atoms with Crippen molar-refractivity contribution in [2.75, 3.05) is 11.8 Å². The van der Waals surface area contributed by atoms with Crippen molar-refractivity contribution in [3.63, 3.8) is 0 Å². The molecular formula is C27H41N3O3S. The lowest BCUT2D eigenvalue weighted by atomic mass is 10.0. The number of anilines is 1. The van der Waals surface area contributed by atoms with E-state index in [1.807, 2.05) is 24.3 Å². The van der Waals surface area contributed by atoms with Crippen LogP contribution in [0.2, 0.25) is 0 Å². The minimum Gasteiger partial charge on any atom is -0.402 e. The first-order valence-corrected chi connectivity index (χ1v) is 14.0. The van der Waals surface area contributed by atoms with E-state index in [4.69, 9.17) is 4.84 Å². The average molecular weight is 488 g/mol. The number of hydrazine groups is 1. The summed E-state index contributed by atoms with van der Waals surface area (Å²) < 4.78 is 28.1. The predicted octanol–water partition coefficient (Wildman–Crippen LogP) is 6.58. The summed E-state index contributed by atoms with van der Waals surface area (Å²) >= 11 is 0. The zero-order chi connectivity index (χ0) is 24.5. The molecule has 0 aliphatic carbocycles. The molecule has 0 aliphatic heterocycles. The topological polar surface area (TPSA) is 79.5 Å². The molecule has 2 rings (SSSR count). The maximum Gasteiger partial charge on any atom is 0.261 e. The highest BCUT2D eigenvalue weighted by Crippen LogP contribution is 2.19. The van der Waals surface area contributed by atoms with Crippen LogP contribution >= 0.6 is 0 Å². The highest BCUT2D eigenvalue weighted by atomic mass is 32.2. The third-order valence-corrected chi connectivity index (χ3v) is 7.10. The third-order valence-electron chi connectivity index (χ3n) is 5.71. The molecule has 0 spiro atoms. The number of sulfonamides is 1. The van der Waals surface area contributed by atoms with E-state index in [2.05, 4.69) is 22.7 Å². The number of unbranched alkanes of at least 4 members (excludes halogenated alkanes) is 9. The van der Waals surface area contributed by atoms with E-state index in [9.17, 15) is 8.42 Å². The molecule has 0 aliphatic rings. The largest absolute Gasteiger partial charge is 0.402 e. The molecule has 0 saturated carbocycles. The Hall–Kier alpha value is -2.35. The number of benzene rings is 2. The van der Waals surface area contributed by atoms with Crippen molar-refractivity contribution in [1.82, 2.24) is 11.0 Å². The average Bonchev–Trinajstić information content (AvgIpc) is 2.84. The van der Waals surface area contributed by atoms with Crippen molar-refractivity contribution >= 4 is 21.8 Å². The molecule has 0 unspecified atom stereocenters. The van der Waals surface area contributed by atoms with E-state index in [0.29, 0.717) is 5.69 Å². The Bertz CT molecular complexity index is 927. The van der Waals surface area contributed by atoms with Crippen molar-refractivity contribution in [2.24, 2.45) is 0 Å². The molecule has 2 aromatic rings. The molecule has 0 fully saturated rings. The number of hydrogen-bond donors (Lipinski definition) is 3. The van der Waals surface area contributed by atoms with E-state index in [1.165, 1.54) is 69.6 Å². The maximum atomic E-state index is 12.7. The second-order valence-corrected chi connectivity index (χ2v) is 10.3. The molecule has 34 heavy (non-hydrogen) atoms. The second-order valence-electron chi connectivity index (χ2n) is 8.58. The third kappa shape index (κ3) is 11.2. The van der Waals surface area contributed by atoms with Crippen LogP contribution < -0.4 is 15.7 Å². The molecule has 188 valence electrons. The van der Waals surface area contributed by atoms with Gasteiger partial charge >= 0.3 is 0 Å². The highest BCUT2D eigenvalue weighted by Gasteiger charge is 2.14. The summed E-state index contributed by atoms with van der Waals surface area (Å²) in [5, 5.41) is 0. The van der Waals surface area contributed by atoms with Crippen molar-refractivity contribution in [3.8, 4) is 0 Å². The number of rotatable bonds is 18. The maximum absolute atomic E-state index is 12.7. The minimum atomic E-state index is -3.62. The predicted molar refractivity (Wildman–Crippen MR) is 142 cm³/mol. The van der Waals surface area contributed by atoms with E-state index in [0.717, 1.165) is 18.4 Å². The van der Waals surface area contributed by atoms with E-state index < -0.39 is 10.0 Å². The Morgan fingerprint density at radius 1 is 0.794 bits per heavy atom. The first kappa shape index (κ1) is 27.9. The molecule has 7 heteroatoms. The highest BCUT2D eigenvalue weighted by molar-refractivity contribution is 7.92. The summed E-state index contributed by atoms with van der Waals surface area (Å²) in [5.74, 6) is 0. The fourth-order valence-electron chi connectivity index (χ4n) is 3.73. The molecule has 3 N–H and O–H groups in total. The summed E-state index contributed by atoms with van der Waals surface area (Å²) in [6.45, 7) is 2.25. The van der Waals surface area contributed by atoms with Crippen molar-refractivity contribution in [1.29, 1.82) is 0 Å². The summed E-state index contributed by atoms with van der Waals surface area (Å²) in [6.07, 6.45) is 17.4. The molecule has 2 aromatic carbocycles. The normalized spacial score (nSPS) is 11.7. The molecule has 0 amide bonds. The van der Waals surface area contributed by atoms with Crippen LogP contribution in [0.3, 0.4) is 0 Å². The van der Waals surface area contributed by atoms with Crippen molar-refractivity contribution < 1.29 is 13.3 Å². The molecule has 0 aromatic heterocycles. The molecular weight excluding hydrogens is 446 g/mol. The standard InChI is InChI=1S/C27H41N3O3S/c1-3-4-5-6-7-8-9-10-11-12-13-24-16-20-27(21-17-24)34(31,32)29-26-18-14-25(15-19-26)22-23-33-30-28-2/h14-23,28-30H,3-13H2,1-2H3/b23-22+. The first-order chi connectivity index (χ1) is 16.5. The molecule has 0 bridgehead atoms. The monoisotopic (exact) mass is 487 g/mol. The summed E-state index contributed by atoms with van der Waals surface area (Å²) in [4.78, 5) is 5.25. The smallest absolute Gasteiger partial charge is 0.261 e. The van der Waals surface area contributed by atoms with Gasteiger partial charge in [-0.2, -0.15) is 0 Å². The molecule has 0 saturated heterocycles. The second kappa shape index (κ2) is 16.3. The van der Waals surface area contributed by atoms with Crippen LogP contribution in [0.1, 0.15) is 82.3 Å². The van der Waals surface area contributed by atoms with E-state index in [-0.39, 0.29) is 4.90 Å². The number of hydrogen-bond acceptors (Lipinski definition) is 5.